The topological polar surface area (TPSA) is 67.9 Å². The number of anilines is 1. The summed E-state index contributed by atoms with van der Waals surface area (Å²) in [4.78, 5) is 25.7. The van der Waals surface area contributed by atoms with Crippen LogP contribution in [-0.2, 0) is 14.3 Å². The van der Waals surface area contributed by atoms with Gasteiger partial charge in [-0.3, -0.25) is 4.79 Å². The minimum Gasteiger partial charge on any atom is -0.466 e. The van der Waals surface area contributed by atoms with E-state index >= 15 is 0 Å². The third-order valence-electron chi connectivity index (χ3n) is 3.63. The number of carbonyl (C=O) groups excluding carboxylic acids is 2. The SMILES string of the molecule is CCCCOCCCN(CCC(=O)OCC)C(=O)Nc1ccc(Cl)cc1. The predicted octanol–water partition coefficient (Wildman–Crippen LogP) is 4.33. The molecule has 0 aromatic heterocycles. The monoisotopic (exact) mass is 384 g/mol. The molecule has 1 N–H and O–H groups in total. The maximum atomic E-state index is 12.5. The van der Waals surface area contributed by atoms with Gasteiger partial charge in [-0.25, -0.2) is 4.79 Å². The van der Waals surface area contributed by atoms with Crippen LogP contribution >= 0.6 is 11.6 Å². The Morgan fingerprint density at radius 1 is 1.08 bits per heavy atom. The number of amides is 2. The van der Waals surface area contributed by atoms with Crippen LogP contribution in [0.1, 0.15) is 39.5 Å². The molecule has 0 heterocycles. The number of ether oxygens (including phenoxy) is 2. The van der Waals surface area contributed by atoms with Crippen LogP contribution in [0.25, 0.3) is 0 Å². The molecular weight excluding hydrogens is 356 g/mol. The van der Waals surface area contributed by atoms with Crippen LogP contribution in [0, 0.1) is 0 Å². The second kappa shape index (κ2) is 13.4. The average Bonchev–Trinajstić information content (AvgIpc) is 2.62. The fourth-order valence-corrected chi connectivity index (χ4v) is 2.34. The van der Waals surface area contributed by atoms with Crippen LogP contribution in [0.4, 0.5) is 10.5 Å². The number of rotatable bonds is 12. The van der Waals surface area contributed by atoms with E-state index in [2.05, 4.69) is 12.2 Å². The van der Waals surface area contributed by atoms with E-state index in [4.69, 9.17) is 21.1 Å². The number of urea groups is 1. The van der Waals surface area contributed by atoms with Crippen LogP contribution in [0.2, 0.25) is 5.02 Å². The molecule has 0 radical (unpaired) electrons. The zero-order chi connectivity index (χ0) is 19.2. The molecule has 2 amide bonds. The largest absolute Gasteiger partial charge is 0.466 e. The highest BCUT2D eigenvalue weighted by Gasteiger charge is 2.15. The molecule has 26 heavy (non-hydrogen) atoms. The number of nitrogens with one attached hydrogen (secondary N) is 1. The second-order valence-corrected chi connectivity index (χ2v) is 6.24. The van der Waals surface area contributed by atoms with Crippen molar-refractivity contribution < 1.29 is 19.1 Å². The highest BCUT2D eigenvalue weighted by atomic mass is 35.5. The van der Waals surface area contributed by atoms with Crippen molar-refractivity contribution in [2.75, 3.05) is 38.2 Å². The number of halogens is 1. The van der Waals surface area contributed by atoms with Crippen molar-refractivity contribution in [1.29, 1.82) is 0 Å². The summed E-state index contributed by atoms with van der Waals surface area (Å²) in [6.45, 7) is 6.33. The summed E-state index contributed by atoms with van der Waals surface area (Å²) in [5.41, 5.74) is 0.653. The third-order valence-corrected chi connectivity index (χ3v) is 3.88. The number of hydrogen-bond donors (Lipinski definition) is 1. The van der Waals surface area contributed by atoms with E-state index in [1.54, 1.807) is 36.1 Å². The van der Waals surface area contributed by atoms with E-state index in [0.29, 0.717) is 43.4 Å². The summed E-state index contributed by atoms with van der Waals surface area (Å²) in [7, 11) is 0. The molecule has 0 atom stereocenters. The quantitative estimate of drug-likeness (QED) is 0.430. The zero-order valence-electron chi connectivity index (χ0n) is 15.6. The summed E-state index contributed by atoms with van der Waals surface area (Å²) in [6, 6.07) is 6.63. The van der Waals surface area contributed by atoms with Crippen molar-refractivity contribution in [3.63, 3.8) is 0 Å². The zero-order valence-corrected chi connectivity index (χ0v) is 16.4. The van der Waals surface area contributed by atoms with Gasteiger partial charge in [0, 0.05) is 37.0 Å². The highest BCUT2D eigenvalue weighted by Crippen LogP contribution is 2.14. The lowest BCUT2D eigenvalue weighted by atomic mass is 10.3. The maximum absolute atomic E-state index is 12.5. The highest BCUT2D eigenvalue weighted by molar-refractivity contribution is 6.30. The van der Waals surface area contributed by atoms with Gasteiger partial charge < -0.3 is 19.7 Å². The summed E-state index contributed by atoms with van der Waals surface area (Å²) in [5, 5.41) is 3.42. The van der Waals surface area contributed by atoms with E-state index < -0.39 is 0 Å². The molecule has 0 aliphatic rings. The Morgan fingerprint density at radius 2 is 1.77 bits per heavy atom. The van der Waals surface area contributed by atoms with Gasteiger partial charge in [-0.15, -0.1) is 0 Å². The van der Waals surface area contributed by atoms with Gasteiger partial charge in [0.25, 0.3) is 0 Å². The van der Waals surface area contributed by atoms with Gasteiger partial charge in [0.15, 0.2) is 0 Å². The number of nitrogens with zero attached hydrogens (tertiary/aromatic N) is 1. The first-order valence-electron chi connectivity index (χ1n) is 9.11. The fraction of sp³-hybridized carbons (Fsp3) is 0.579. The van der Waals surface area contributed by atoms with Crippen LogP contribution in [0.15, 0.2) is 24.3 Å². The van der Waals surface area contributed by atoms with Gasteiger partial charge in [-0.1, -0.05) is 24.9 Å². The average molecular weight is 385 g/mol. The van der Waals surface area contributed by atoms with Crippen molar-refractivity contribution in [2.45, 2.75) is 39.5 Å². The Labute approximate surface area is 160 Å². The lowest BCUT2D eigenvalue weighted by Gasteiger charge is -2.23. The summed E-state index contributed by atoms with van der Waals surface area (Å²) in [6.07, 6.45) is 3.00. The Hall–Kier alpha value is -1.79. The number of hydrogen-bond acceptors (Lipinski definition) is 4. The first kappa shape index (κ1) is 22.3. The van der Waals surface area contributed by atoms with Crippen molar-refractivity contribution in [1.82, 2.24) is 4.90 Å². The minimum atomic E-state index is -0.309. The van der Waals surface area contributed by atoms with Crippen LogP contribution in [-0.4, -0.2) is 49.8 Å². The molecule has 0 bridgehead atoms. The molecule has 1 rings (SSSR count). The molecule has 0 saturated carbocycles. The number of benzene rings is 1. The molecule has 1 aromatic carbocycles. The molecule has 0 fully saturated rings. The fourth-order valence-electron chi connectivity index (χ4n) is 2.22. The minimum absolute atomic E-state index is 0.165. The van der Waals surface area contributed by atoms with Crippen LogP contribution in [0.5, 0.6) is 0 Å². The third kappa shape index (κ3) is 9.63. The van der Waals surface area contributed by atoms with Gasteiger partial charge in [-0.05, 0) is 44.0 Å². The molecular formula is C19H29ClN2O4. The van der Waals surface area contributed by atoms with Gasteiger partial charge in [-0.2, -0.15) is 0 Å². The maximum Gasteiger partial charge on any atom is 0.321 e. The summed E-state index contributed by atoms with van der Waals surface area (Å²) < 4.78 is 10.5. The molecule has 0 aliphatic carbocycles. The van der Waals surface area contributed by atoms with Crippen LogP contribution in [0.3, 0.4) is 0 Å². The second-order valence-electron chi connectivity index (χ2n) is 5.80. The van der Waals surface area contributed by atoms with Crippen molar-refractivity contribution in [2.24, 2.45) is 0 Å². The van der Waals surface area contributed by atoms with Crippen molar-refractivity contribution in [3.8, 4) is 0 Å². The standard InChI is InChI=1S/C19H29ClN2O4/c1-3-5-14-25-15-6-12-22(13-11-18(23)26-4-2)19(24)21-17-9-7-16(20)8-10-17/h7-10H,3-6,11-15H2,1-2H3,(H,21,24). The molecule has 6 nitrogen and oxygen atoms in total. The Bertz CT molecular complexity index is 537. The molecule has 0 spiro atoms. The Balaban J connectivity index is 2.52. The first-order valence-corrected chi connectivity index (χ1v) is 9.49. The number of unbranched alkanes of at least 4 members (excludes halogenated alkanes) is 1. The molecule has 7 heteroatoms. The van der Waals surface area contributed by atoms with Crippen molar-refractivity contribution in [3.05, 3.63) is 29.3 Å². The lowest BCUT2D eigenvalue weighted by Crippen LogP contribution is -2.37. The number of esters is 1. The van der Waals surface area contributed by atoms with E-state index in [1.165, 1.54) is 0 Å². The lowest BCUT2D eigenvalue weighted by molar-refractivity contribution is -0.143. The Kier molecular flexibility index (Phi) is 11.5. The summed E-state index contributed by atoms with van der Waals surface area (Å²) in [5.74, 6) is -0.309. The molecule has 146 valence electrons. The molecule has 1 aromatic rings. The molecule has 0 aliphatic heterocycles. The first-order chi connectivity index (χ1) is 12.6. The smallest absolute Gasteiger partial charge is 0.321 e. The van der Waals surface area contributed by atoms with Crippen molar-refractivity contribution >= 4 is 29.3 Å². The molecule has 0 unspecified atom stereocenters. The van der Waals surface area contributed by atoms with Gasteiger partial charge in [0.2, 0.25) is 0 Å². The van der Waals surface area contributed by atoms with E-state index in [9.17, 15) is 9.59 Å². The summed E-state index contributed by atoms with van der Waals surface area (Å²) >= 11 is 5.86. The van der Waals surface area contributed by atoms with Gasteiger partial charge >= 0.3 is 12.0 Å². The predicted molar refractivity (Wildman–Crippen MR) is 104 cm³/mol. The van der Waals surface area contributed by atoms with E-state index in [1.807, 2.05) is 0 Å². The number of carbonyl (C=O) groups is 2. The Morgan fingerprint density at radius 3 is 2.42 bits per heavy atom. The normalized spacial score (nSPS) is 10.4. The van der Waals surface area contributed by atoms with E-state index in [0.717, 1.165) is 19.4 Å². The van der Waals surface area contributed by atoms with Crippen LogP contribution < -0.4 is 5.32 Å². The van der Waals surface area contributed by atoms with E-state index in [-0.39, 0.29) is 18.4 Å². The van der Waals surface area contributed by atoms with Gasteiger partial charge in [0.05, 0.1) is 13.0 Å². The molecule has 0 saturated heterocycles. The van der Waals surface area contributed by atoms with Gasteiger partial charge in [0.1, 0.15) is 0 Å².